The Morgan fingerprint density at radius 3 is 2.81 bits per heavy atom. The Kier molecular flexibility index (Phi) is 3.03. The van der Waals surface area contributed by atoms with Crippen LogP contribution in [0.3, 0.4) is 0 Å². The van der Waals surface area contributed by atoms with E-state index in [-0.39, 0.29) is 0 Å². The van der Waals surface area contributed by atoms with Gasteiger partial charge in [0.1, 0.15) is 6.29 Å². The summed E-state index contributed by atoms with van der Waals surface area (Å²) in [5.41, 5.74) is 2.18. The van der Waals surface area contributed by atoms with Crippen LogP contribution in [0, 0.1) is 18.8 Å². The van der Waals surface area contributed by atoms with Gasteiger partial charge < -0.3 is 4.79 Å². The summed E-state index contributed by atoms with van der Waals surface area (Å²) in [7, 11) is 0. The number of carbonyl (C=O) groups is 1. The molecule has 1 nitrogen and oxygen atoms in total. The molecule has 0 fully saturated rings. The monoisotopic (exact) mass is 208 g/mol. The molecule has 0 atom stereocenters. The van der Waals surface area contributed by atoms with Crippen molar-refractivity contribution >= 4 is 17.1 Å². The van der Waals surface area contributed by atoms with Crippen LogP contribution >= 0.6 is 0 Å². The number of benzene rings is 2. The first kappa shape index (κ1) is 10.4. The number of fused-ring (bicyclic) bond motifs is 1. The van der Waals surface area contributed by atoms with E-state index in [1.165, 1.54) is 5.39 Å². The van der Waals surface area contributed by atoms with Crippen molar-refractivity contribution < 1.29 is 4.79 Å². The van der Waals surface area contributed by atoms with Gasteiger partial charge in [0.2, 0.25) is 0 Å². The first-order chi connectivity index (χ1) is 7.83. The number of aldehydes is 1. The van der Waals surface area contributed by atoms with Crippen molar-refractivity contribution in [2.75, 3.05) is 0 Å². The molecule has 0 aromatic heterocycles. The highest BCUT2D eigenvalue weighted by Gasteiger charge is 2.00. The molecule has 2 rings (SSSR count). The van der Waals surface area contributed by atoms with E-state index in [1.54, 1.807) is 0 Å². The van der Waals surface area contributed by atoms with Crippen LogP contribution in [0.2, 0.25) is 0 Å². The van der Waals surface area contributed by atoms with Crippen molar-refractivity contribution in [2.24, 2.45) is 0 Å². The summed E-state index contributed by atoms with van der Waals surface area (Å²) in [6.45, 7) is 2.04. The van der Waals surface area contributed by atoms with Crippen LogP contribution in [0.5, 0.6) is 0 Å². The second-order valence-electron chi connectivity index (χ2n) is 3.65. The first-order valence-corrected chi connectivity index (χ1v) is 5.24. The molecule has 0 unspecified atom stereocenters. The maximum Gasteiger partial charge on any atom is 0.131 e. The summed E-state index contributed by atoms with van der Waals surface area (Å²) in [6, 6.07) is 12.3. The topological polar surface area (TPSA) is 17.1 Å². The predicted octanol–water partition coefficient (Wildman–Crippen LogP) is 3.09. The molecular weight excluding hydrogens is 196 g/mol. The van der Waals surface area contributed by atoms with Crippen molar-refractivity contribution in [3.63, 3.8) is 0 Å². The Morgan fingerprint density at radius 2 is 2.00 bits per heavy atom. The molecule has 0 spiro atoms. The Balaban J connectivity index is 2.62. The van der Waals surface area contributed by atoms with Crippen LogP contribution in [-0.4, -0.2) is 6.29 Å². The molecule has 1 heteroatoms. The summed E-state index contributed by atoms with van der Waals surface area (Å²) in [4.78, 5) is 10.2. The lowest BCUT2D eigenvalue weighted by molar-refractivity contribution is -0.107. The third kappa shape index (κ3) is 1.97. The minimum atomic E-state index is 0.294. The number of hydrogen-bond donors (Lipinski definition) is 0. The van der Waals surface area contributed by atoms with Crippen molar-refractivity contribution in [3.8, 4) is 11.8 Å². The fraction of sp³-hybridized carbons (Fsp3) is 0.133. The molecule has 0 aliphatic carbocycles. The van der Waals surface area contributed by atoms with Crippen LogP contribution in [0.25, 0.3) is 10.8 Å². The summed E-state index contributed by atoms with van der Waals surface area (Å²) < 4.78 is 0. The molecule has 0 heterocycles. The van der Waals surface area contributed by atoms with Gasteiger partial charge in [0.25, 0.3) is 0 Å². The van der Waals surface area contributed by atoms with E-state index in [2.05, 4.69) is 36.1 Å². The third-order valence-electron chi connectivity index (χ3n) is 2.54. The van der Waals surface area contributed by atoms with Gasteiger partial charge in [-0.2, -0.15) is 0 Å². The standard InChI is InChI=1S/C15H12O/c1-12-9-10-13-6-2-3-8-15(13)14(12)7-4-5-11-16/h2-3,6,8-11H,5H2,1H3. The molecule has 2 aromatic rings. The molecule has 0 N–H and O–H groups in total. The zero-order chi connectivity index (χ0) is 11.4. The van der Waals surface area contributed by atoms with Crippen LogP contribution < -0.4 is 0 Å². The molecule has 0 saturated carbocycles. The smallest absolute Gasteiger partial charge is 0.131 e. The second kappa shape index (κ2) is 4.63. The summed E-state index contributed by atoms with van der Waals surface area (Å²) >= 11 is 0. The van der Waals surface area contributed by atoms with Crippen molar-refractivity contribution in [2.45, 2.75) is 13.3 Å². The molecular formula is C15H12O. The quantitative estimate of drug-likeness (QED) is 0.520. The molecule has 2 aromatic carbocycles. The molecule has 78 valence electrons. The normalized spacial score (nSPS) is 9.56. The van der Waals surface area contributed by atoms with Crippen molar-refractivity contribution in [3.05, 3.63) is 47.5 Å². The van der Waals surface area contributed by atoms with Crippen LogP contribution in [0.4, 0.5) is 0 Å². The van der Waals surface area contributed by atoms with Gasteiger partial charge in [-0.3, -0.25) is 0 Å². The first-order valence-electron chi connectivity index (χ1n) is 5.24. The minimum absolute atomic E-state index is 0.294. The van der Waals surface area contributed by atoms with Gasteiger partial charge in [0, 0.05) is 5.56 Å². The van der Waals surface area contributed by atoms with E-state index in [0.29, 0.717) is 6.42 Å². The molecule has 0 radical (unpaired) electrons. The van der Waals surface area contributed by atoms with E-state index in [4.69, 9.17) is 0 Å². The van der Waals surface area contributed by atoms with E-state index in [9.17, 15) is 4.79 Å². The molecule has 0 aliphatic rings. The highest BCUT2D eigenvalue weighted by Crippen LogP contribution is 2.20. The number of rotatable bonds is 1. The van der Waals surface area contributed by atoms with E-state index in [1.807, 2.05) is 19.1 Å². The van der Waals surface area contributed by atoms with Crippen LogP contribution in [0.15, 0.2) is 36.4 Å². The van der Waals surface area contributed by atoms with Gasteiger partial charge in [-0.05, 0) is 23.3 Å². The van der Waals surface area contributed by atoms with Crippen molar-refractivity contribution in [1.29, 1.82) is 0 Å². The lowest BCUT2D eigenvalue weighted by atomic mass is 10.00. The van der Waals surface area contributed by atoms with Gasteiger partial charge in [-0.1, -0.05) is 48.2 Å². The number of carbonyl (C=O) groups excluding carboxylic acids is 1. The molecule has 0 aliphatic heterocycles. The lowest BCUT2D eigenvalue weighted by Gasteiger charge is -2.03. The fourth-order valence-electron chi connectivity index (χ4n) is 1.73. The van der Waals surface area contributed by atoms with Gasteiger partial charge in [-0.25, -0.2) is 0 Å². The zero-order valence-electron chi connectivity index (χ0n) is 9.16. The lowest BCUT2D eigenvalue weighted by Crippen LogP contribution is -1.85. The number of aryl methyl sites for hydroxylation is 1. The summed E-state index contributed by atoms with van der Waals surface area (Å²) in [6.07, 6.45) is 1.12. The average molecular weight is 208 g/mol. The SMILES string of the molecule is Cc1ccc2ccccc2c1C#CCC=O. The zero-order valence-corrected chi connectivity index (χ0v) is 9.16. The molecule has 0 amide bonds. The van der Waals surface area contributed by atoms with Gasteiger partial charge >= 0.3 is 0 Å². The predicted molar refractivity (Wildman–Crippen MR) is 66.2 cm³/mol. The molecule has 0 saturated heterocycles. The Morgan fingerprint density at radius 1 is 1.19 bits per heavy atom. The minimum Gasteiger partial charge on any atom is -0.302 e. The van der Waals surface area contributed by atoms with Crippen LogP contribution in [0.1, 0.15) is 17.5 Å². The Labute approximate surface area is 95.1 Å². The highest BCUT2D eigenvalue weighted by atomic mass is 16.1. The maximum absolute atomic E-state index is 10.2. The Hall–Kier alpha value is -2.07. The maximum atomic E-state index is 10.2. The largest absolute Gasteiger partial charge is 0.302 e. The molecule has 16 heavy (non-hydrogen) atoms. The molecule has 0 bridgehead atoms. The van der Waals surface area contributed by atoms with E-state index >= 15 is 0 Å². The summed E-state index contributed by atoms with van der Waals surface area (Å²) in [5, 5.41) is 2.34. The van der Waals surface area contributed by atoms with Gasteiger partial charge in [-0.15, -0.1) is 0 Å². The van der Waals surface area contributed by atoms with E-state index < -0.39 is 0 Å². The van der Waals surface area contributed by atoms with Crippen molar-refractivity contribution in [1.82, 2.24) is 0 Å². The van der Waals surface area contributed by atoms with Gasteiger partial charge in [0.05, 0.1) is 6.42 Å². The van der Waals surface area contributed by atoms with Crippen LogP contribution in [-0.2, 0) is 4.79 Å². The Bertz CT molecular complexity index is 585. The number of hydrogen-bond acceptors (Lipinski definition) is 1. The van der Waals surface area contributed by atoms with E-state index in [0.717, 1.165) is 22.8 Å². The average Bonchev–Trinajstić information content (AvgIpc) is 2.32. The summed E-state index contributed by atoms with van der Waals surface area (Å²) in [5.74, 6) is 5.94. The highest BCUT2D eigenvalue weighted by molar-refractivity contribution is 5.89. The van der Waals surface area contributed by atoms with Gasteiger partial charge in [0.15, 0.2) is 0 Å². The third-order valence-corrected chi connectivity index (χ3v) is 2.54. The fourth-order valence-corrected chi connectivity index (χ4v) is 1.73. The second-order valence-corrected chi connectivity index (χ2v) is 3.65.